The van der Waals surface area contributed by atoms with Crippen molar-refractivity contribution in [3.05, 3.63) is 117 Å². The van der Waals surface area contributed by atoms with Crippen LogP contribution in [0, 0.1) is 17.0 Å². The molecular formula is C27H20N4O4S. The minimum Gasteiger partial charge on any atom is -0.268 e. The fourth-order valence-corrected chi connectivity index (χ4v) is 4.65. The summed E-state index contributed by atoms with van der Waals surface area (Å²) in [5.74, 6) is -0.411. The minimum atomic E-state index is -0.492. The number of nitrogens with zero attached hydrogens (tertiary/aromatic N) is 4. The number of nitro groups is 1. The van der Waals surface area contributed by atoms with Crippen molar-refractivity contribution in [2.75, 3.05) is 0 Å². The van der Waals surface area contributed by atoms with Crippen LogP contribution in [0.3, 0.4) is 0 Å². The molecule has 0 bridgehead atoms. The van der Waals surface area contributed by atoms with E-state index in [0.717, 1.165) is 33.5 Å². The molecule has 8 nitrogen and oxygen atoms in total. The van der Waals surface area contributed by atoms with Gasteiger partial charge in [-0.2, -0.15) is 5.10 Å². The lowest BCUT2D eigenvalue weighted by atomic mass is 10.1. The van der Waals surface area contributed by atoms with Crippen molar-refractivity contribution < 1.29 is 14.5 Å². The van der Waals surface area contributed by atoms with E-state index < -0.39 is 16.1 Å². The van der Waals surface area contributed by atoms with Crippen LogP contribution in [0.15, 0.2) is 90.0 Å². The Bertz CT molecular complexity index is 1490. The Hall–Kier alpha value is -4.50. The van der Waals surface area contributed by atoms with Gasteiger partial charge >= 0.3 is 0 Å². The van der Waals surface area contributed by atoms with Gasteiger partial charge in [0.05, 0.1) is 27.8 Å². The Morgan fingerprint density at radius 1 is 0.972 bits per heavy atom. The van der Waals surface area contributed by atoms with Gasteiger partial charge < -0.3 is 0 Å². The molecule has 36 heavy (non-hydrogen) atoms. The second kappa shape index (κ2) is 9.63. The Labute approximate surface area is 211 Å². The van der Waals surface area contributed by atoms with E-state index in [1.165, 1.54) is 12.1 Å². The Balaban J connectivity index is 1.47. The molecule has 1 aromatic heterocycles. The molecule has 1 saturated heterocycles. The van der Waals surface area contributed by atoms with Crippen LogP contribution < -0.4 is 0 Å². The largest absolute Gasteiger partial charge is 0.293 e. The molecule has 0 unspecified atom stereocenters. The smallest absolute Gasteiger partial charge is 0.268 e. The quantitative estimate of drug-likeness (QED) is 0.185. The predicted octanol–water partition coefficient (Wildman–Crippen LogP) is 5.99. The molecule has 0 aliphatic carbocycles. The van der Waals surface area contributed by atoms with Crippen LogP contribution in [0.4, 0.5) is 10.5 Å². The van der Waals surface area contributed by atoms with Gasteiger partial charge in [-0.1, -0.05) is 60.2 Å². The van der Waals surface area contributed by atoms with Gasteiger partial charge in [0, 0.05) is 29.5 Å². The average Bonchev–Trinajstić information content (AvgIpc) is 3.42. The third-order valence-electron chi connectivity index (χ3n) is 5.74. The van der Waals surface area contributed by atoms with Crippen LogP contribution in [0.2, 0.25) is 0 Å². The number of nitro benzene ring substituents is 1. The topological polar surface area (TPSA) is 98.3 Å². The highest BCUT2D eigenvalue weighted by atomic mass is 32.2. The van der Waals surface area contributed by atoms with Gasteiger partial charge in [0.1, 0.15) is 0 Å². The van der Waals surface area contributed by atoms with E-state index >= 15 is 0 Å². The number of rotatable bonds is 6. The zero-order chi connectivity index (χ0) is 25.2. The first kappa shape index (κ1) is 23.3. The highest BCUT2D eigenvalue weighted by Crippen LogP contribution is 2.35. The number of thioether (sulfide) groups is 1. The normalized spacial score (nSPS) is 14.6. The van der Waals surface area contributed by atoms with Gasteiger partial charge in [0.2, 0.25) is 0 Å². The molecule has 178 valence electrons. The van der Waals surface area contributed by atoms with Crippen molar-refractivity contribution in [3.63, 3.8) is 0 Å². The zero-order valence-corrected chi connectivity index (χ0v) is 20.0. The summed E-state index contributed by atoms with van der Waals surface area (Å²) in [6.45, 7) is 2.04. The number of imide groups is 1. The van der Waals surface area contributed by atoms with E-state index in [1.54, 1.807) is 22.9 Å². The van der Waals surface area contributed by atoms with Crippen LogP contribution in [0.5, 0.6) is 0 Å². The van der Waals surface area contributed by atoms with E-state index in [0.29, 0.717) is 21.7 Å². The summed E-state index contributed by atoms with van der Waals surface area (Å²) in [4.78, 5) is 37.7. The van der Waals surface area contributed by atoms with Gasteiger partial charge in [0.25, 0.3) is 16.8 Å². The number of non-ortho nitro benzene ring substituents is 1. The third kappa shape index (κ3) is 4.69. The van der Waals surface area contributed by atoms with E-state index in [4.69, 9.17) is 5.10 Å². The summed E-state index contributed by atoms with van der Waals surface area (Å²) in [7, 11) is 0. The van der Waals surface area contributed by atoms with Crippen molar-refractivity contribution in [1.82, 2.24) is 14.7 Å². The van der Waals surface area contributed by atoms with E-state index in [1.807, 2.05) is 67.7 Å². The highest BCUT2D eigenvalue weighted by Gasteiger charge is 2.35. The van der Waals surface area contributed by atoms with Crippen LogP contribution >= 0.6 is 11.8 Å². The monoisotopic (exact) mass is 496 g/mol. The Morgan fingerprint density at radius 3 is 2.33 bits per heavy atom. The van der Waals surface area contributed by atoms with Crippen molar-refractivity contribution in [3.8, 4) is 16.9 Å². The molecular weight excluding hydrogens is 476 g/mol. The van der Waals surface area contributed by atoms with E-state index in [-0.39, 0.29) is 12.2 Å². The molecule has 1 fully saturated rings. The molecule has 2 amide bonds. The van der Waals surface area contributed by atoms with Crippen molar-refractivity contribution >= 4 is 34.7 Å². The molecule has 1 aliphatic rings. The van der Waals surface area contributed by atoms with Crippen LogP contribution in [0.25, 0.3) is 23.0 Å². The van der Waals surface area contributed by atoms with Gasteiger partial charge in [-0.05, 0) is 42.5 Å². The van der Waals surface area contributed by atoms with E-state index in [2.05, 4.69) is 0 Å². The summed E-state index contributed by atoms with van der Waals surface area (Å²) in [5, 5.41) is 15.3. The number of carbonyl (C=O) groups excluding carboxylic acids is 2. The van der Waals surface area contributed by atoms with Crippen molar-refractivity contribution in [1.29, 1.82) is 0 Å². The molecule has 2 heterocycles. The third-order valence-corrected chi connectivity index (χ3v) is 6.64. The van der Waals surface area contributed by atoms with Gasteiger partial charge in [-0.25, -0.2) is 4.68 Å². The standard InChI is InChI=1S/C27H20N4O4S/c1-18-7-11-20(12-8-18)25-21(17-30(28-25)22-5-3-2-4-6-22)15-24-26(32)29(27(33)36-24)16-19-9-13-23(14-10-19)31(34)35/h2-15,17H,16H2,1H3/b24-15-. The first-order valence-electron chi connectivity index (χ1n) is 11.1. The summed E-state index contributed by atoms with van der Waals surface area (Å²) >= 11 is 0.869. The molecule has 5 rings (SSSR count). The van der Waals surface area contributed by atoms with E-state index in [9.17, 15) is 19.7 Å². The summed E-state index contributed by atoms with van der Waals surface area (Å²) in [6.07, 6.45) is 3.54. The van der Waals surface area contributed by atoms with Gasteiger partial charge in [0.15, 0.2) is 0 Å². The lowest BCUT2D eigenvalue weighted by Crippen LogP contribution is -2.27. The molecule has 1 aliphatic heterocycles. The predicted molar refractivity (Wildman–Crippen MR) is 138 cm³/mol. The summed E-state index contributed by atoms with van der Waals surface area (Å²) in [5.41, 5.74) is 4.87. The second-order valence-electron chi connectivity index (χ2n) is 8.27. The zero-order valence-electron chi connectivity index (χ0n) is 19.2. The molecule has 9 heteroatoms. The number of carbonyl (C=O) groups is 2. The fraction of sp³-hybridized carbons (Fsp3) is 0.0741. The lowest BCUT2D eigenvalue weighted by Gasteiger charge is -2.12. The maximum absolute atomic E-state index is 13.1. The first-order chi connectivity index (χ1) is 17.4. The number of para-hydroxylation sites is 1. The van der Waals surface area contributed by atoms with Crippen LogP contribution in [-0.4, -0.2) is 30.8 Å². The first-order valence-corrected chi connectivity index (χ1v) is 11.9. The van der Waals surface area contributed by atoms with Crippen molar-refractivity contribution in [2.24, 2.45) is 0 Å². The number of amides is 2. The number of benzene rings is 3. The number of hydrogen-bond acceptors (Lipinski definition) is 6. The Morgan fingerprint density at radius 2 is 1.67 bits per heavy atom. The highest BCUT2D eigenvalue weighted by molar-refractivity contribution is 8.18. The number of aryl methyl sites for hydroxylation is 1. The fourth-order valence-electron chi connectivity index (χ4n) is 3.82. The molecule has 0 spiro atoms. The average molecular weight is 497 g/mol. The van der Waals surface area contributed by atoms with Gasteiger partial charge in [-0.3, -0.25) is 24.6 Å². The Kier molecular flexibility index (Phi) is 6.22. The van der Waals surface area contributed by atoms with Crippen LogP contribution in [0.1, 0.15) is 16.7 Å². The summed E-state index contributed by atoms with van der Waals surface area (Å²) in [6, 6.07) is 23.4. The molecule has 3 aromatic carbocycles. The maximum Gasteiger partial charge on any atom is 0.293 e. The molecule has 0 atom stereocenters. The molecule has 0 N–H and O–H groups in total. The summed E-state index contributed by atoms with van der Waals surface area (Å²) < 4.78 is 1.75. The molecule has 0 saturated carbocycles. The number of hydrogen-bond donors (Lipinski definition) is 0. The molecule has 4 aromatic rings. The number of aromatic nitrogens is 2. The van der Waals surface area contributed by atoms with Gasteiger partial charge in [-0.15, -0.1) is 0 Å². The van der Waals surface area contributed by atoms with Crippen molar-refractivity contribution in [2.45, 2.75) is 13.5 Å². The minimum absolute atomic E-state index is 0.0358. The maximum atomic E-state index is 13.1. The lowest BCUT2D eigenvalue weighted by molar-refractivity contribution is -0.384. The van der Waals surface area contributed by atoms with Crippen LogP contribution in [-0.2, 0) is 11.3 Å². The SMILES string of the molecule is Cc1ccc(-c2nn(-c3ccccc3)cc2/C=C2\SC(=O)N(Cc3ccc([N+](=O)[O-])cc3)C2=O)cc1. The molecule has 0 radical (unpaired) electrons. The second-order valence-corrected chi connectivity index (χ2v) is 9.26.